The summed E-state index contributed by atoms with van der Waals surface area (Å²) < 4.78 is 0. The van der Waals surface area contributed by atoms with Gasteiger partial charge in [0.25, 0.3) is 5.56 Å². The zero-order chi connectivity index (χ0) is 7.68. The smallest absolute Gasteiger partial charge is 0.265 e. The molecule has 0 aromatic carbocycles. The van der Waals surface area contributed by atoms with Gasteiger partial charge >= 0.3 is 0 Å². The molecule has 2 rings (SSSR count). The van der Waals surface area contributed by atoms with E-state index < -0.39 is 0 Å². The summed E-state index contributed by atoms with van der Waals surface area (Å²) in [5, 5.41) is 9.25. The van der Waals surface area contributed by atoms with Gasteiger partial charge in [0.1, 0.15) is 5.52 Å². The first-order chi connectivity index (χ1) is 5.38. The molecule has 0 bridgehead atoms. The molecule has 0 fully saturated rings. The molecule has 54 valence electrons. The van der Waals surface area contributed by atoms with Gasteiger partial charge in [-0.3, -0.25) is 4.79 Å². The van der Waals surface area contributed by atoms with Crippen LogP contribution in [0.4, 0.5) is 0 Å². The van der Waals surface area contributed by atoms with Crippen LogP contribution in [0, 0.1) is 0 Å². The normalized spacial score (nSPS) is 10.2. The molecule has 2 aromatic rings. The minimum absolute atomic E-state index is 0.310. The molecule has 0 saturated carbocycles. The van der Waals surface area contributed by atoms with Crippen molar-refractivity contribution in [3.63, 3.8) is 0 Å². The fourth-order valence-corrected chi connectivity index (χ4v) is 0.830. The fourth-order valence-electron chi connectivity index (χ4n) is 0.830. The number of nitrogens with zero attached hydrogens (tertiary/aromatic N) is 3. The molecule has 0 radical (unpaired) electrons. The summed E-state index contributed by atoms with van der Waals surface area (Å²) in [5.74, 6) is 0. The second-order valence-electron chi connectivity index (χ2n) is 2.01. The number of aromatic amines is 1. The van der Waals surface area contributed by atoms with Gasteiger partial charge in [0.15, 0.2) is 5.52 Å². The van der Waals surface area contributed by atoms with Gasteiger partial charge in [-0.2, -0.15) is 0 Å². The second kappa shape index (κ2) is 2.12. The van der Waals surface area contributed by atoms with Crippen molar-refractivity contribution in [1.82, 2.24) is 20.4 Å². The summed E-state index contributed by atoms with van der Waals surface area (Å²) >= 11 is 0. The molecule has 5 heteroatoms. The number of nitrogens with one attached hydrogen (secondary N) is 1. The van der Waals surface area contributed by atoms with E-state index in [2.05, 4.69) is 20.4 Å². The first-order valence-corrected chi connectivity index (χ1v) is 3.04. The van der Waals surface area contributed by atoms with Crippen LogP contribution in [0.1, 0.15) is 0 Å². The quantitative estimate of drug-likeness (QED) is 0.557. The van der Waals surface area contributed by atoms with Crippen LogP contribution in [0.3, 0.4) is 0 Å². The van der Waals surface area contributed by atoms with Crippen molar-refractivity contribution in [3.8, 4) is 0 Å². The van der Waals surface area contributed by atoms with Crippen molar-refractivity contribution in [2.45, 2.75) is 0 Å². The Morgan fingerprint density at radius 2 is 2.36 bits per heavy atom. The maximum Gasteiger partial charge on any atom is 0.293 e. The lowest BCUT2D eigenvalue weighted by atomic mass is 10.4. The summed E-state index contributed by atoms with van der Waals surface area (Å²) in [6.07, 6.45) is 1.54. The lowest BCUT2D eigenvalue weighted by Gasteiger charge is -1.89. The van der Waals surface area contributed by atoms with E-state index in [-0.39, 0.29) is 5.56 Å². The molecule has 0 aliphatic carbocycles. The van der Waals surface area contributed by atoms with Gasteiger partial charge in [-0.05, 0) is 12.1 Å². The maximum atomic E-state index is 11.0. The van der Waals surface area contributed by atoms with Crippen molar-refractivity contribution in [2.75, 3.05) is 0 Å². The minimum atomic E-state index is -0.310. The number of aromatic nitrogens is 4. The van der Waals surface area contributed by atoms with Crippen LogP contribution in [-0.2, 0) is 0 Å². The number of pyridine rings is 1. The Balaban J connectivity index is 3.03. The fraction of sp³-hybridized carbons (Fsp3) is 0. The Morgan fingerprint density at radius 3 is 3.18 bits per heavy atom. The van der Waals surface area contributed by atoms with E-state index in [9.17, 15) is 4.79 Å². The van der Waals surface area contributed by atoms with Crippen LogP contribution >= 0.6 is 0 Å². The minimum Gasteiger partial charge on any atom is -0.265 e. The molecule has 0 atom stereocenters. The molecule has 0 saturated heterocycles. The summed E-state index contributed by atoms with van der Waals surface area (Å²) in [7, 11) is 0. The van der Waals surface area contributed by atoms with Gasteiger partial charge in [0.05, 0.1) is 0 Å². The average molecular weight is 148 g/mol. The number of H-pyrrole nitrogens is 1. The molecule has 0 spiro atoms. The van der Waals surface area contributed by atoms with Crippen molar-refractivity contribution in [1.29, 1.82) is 0 Å². The molecule has 0 aliphatic heterocycles. The van der Waals surface area contributed by atoms with Crippen molar-refractivity contribution in [2.24, 2.45) is 0 Å². The Bertz CT molecular complexity index is 430. The predicted molar refractivity (Wildman–Crippen MR) is 38.0 cm³/mol. The highest BCUT2D eigenvalue weighted by Crippen LogP contribution is 1.97. The highest BCUT2D eigenvalue weighted by molar-refractivity contribution is 5.71. The number of fused-ring (bicyclic) bond motifs is 1. The average Bonchev–Trinajstić information content (AvgIpc) is 2.06. The lowest BCUT2D eigenvalue weighted by Crippen LogP contribution is -2.10. The standard InChI is InChI=1S/C6H4N4O/c11-6-5-4(8-10-9-6)2-1-3-7-5/h1-3H,(H,8,9,11). The molecule has 5 nitrogen and oxygen atoms in total. The molecule has 1 N–H and O–H groups in total. The zero-order valence-corrected chi connectivity index (χ0v) is 5.48. The van der Waals surface area contributed by atoms with E-state index >= 15 is 0 Å². The van der Waals surface area contributed by atoms with Crippen molar-refractivity contribution < 1.29 is 0 Å². The molecule has 2 aromatic heterocycles. The van der Waals surface area contributed by atoms with E-state index in [0.29, 0.717) is 11.0 Å². The van der Waals surface area contributed by atoms with E-state index in [1.54, 1.807) is 18.3 Å². The van der Waals surface area contributed by atoms with E-state index in [1.807, 2.05) is 0 Å². The molecule has 2 heterocycles. The van der Waals surface area contributed by atoms with E-state index in [4.69, 9.17) is 0 Å². The van der Waals surface area contributed by atoms with E-state index in [0.717, 1.165) is 0 Å². The molecule has 0 unspecified atom stereocenters. The zero-order valence-electron chi connectivity index (χ0n) is 5.48. The number of hydrogen-bond donors (Lipinski definition) is 1. The van der Waals surface area contributed by atoms with Crippen LogP contribution < -0.4 is 5.56 Å². The largest absolute Gasteiger partial charge is 0.293 e. The molecule has 0 amide bonds. The molecule has 11 heavy (non-hydrogen) atoms. The monoisotopic (exact) mass is 148 g/mol. The van der Waals surface area contributed by atoms with Gasteiger partial charge in [0, 0.05) is 6.20 Å². The maximum absolute atomic E-state index is 11.0. The third-order valence-corrected chi connectivity index (χ3v) is 1.31. The van der Waals surface area contributed by atoms with Crippen molar-refractivity contribution >= 4 is 11.0 Å². The second-order valence-corrected chi connectivity index (χ2v) is 2.01. The highest BCUT2D eigenvalue weighted by Gasteiger charge is 1.97. The van der Waals surface area contributed by atoms with Crippen LogP contribution in [0.15, 0.2) is 23.1 Å². The van der Waals surface area contributed by atoms with Gasteiger partial charge in [-0.25, -0.2) is 10.1 Å². The lowest BCUT2D eigenvalue weighted by molar-refractivity contribution is 0.867. The van der Waals surface area contributed by atoms with Gasteiger partial charge in [-0.15, -0.1) is 5.10 Å². The number of rotatable bonds is 0. The predicted octanol–water partition coefficient (Wildman–Crippen LogP) is -0.287. The van der Waals surface area contributed by atoms with Crippen LogP contribution in [-0.4, -0.2) is 20.4 Å². The summed E-state index contributed by atoms with van der Waals surface area (Å²) in [6, 6.07) is 3.39. The Labute approximate surface area is 61.1 Å². The Kier molecular flexibility index (Phi) is 1.15. The molecular formula is C6H4N4O. The highest BCUT2D eigenvalue weighted by atomic mass is 16.1. The van der Waals surface area contributed by atoms with Crippen LogP contribution in [0.2, 0.25) is 0 Å². The first-order valence-electron chi connectivity index (χ1n) is 3.04. The number of hydrogen-bond acceptors (Lipinski definition) is 4. The van der Waals surface area contributed by atoms with Crippen LogP contribution in [0.25, 0.3) is 11.0 Å². The third kappa shape index (κ3) is 0.861. The SMILES string of the molecule is O=c1[nH]nnc2cccnc12. The Hall–Kier alpha value is -1.78. The third-order valence-electron chi connectivity index (χ3n) is 1.31. The summed E-state index contributed by atoms with van der Waals surface area (Å²) in [5.41, 5.74) is 0.523. The molecular weight excluding hydrogens is 144 g/mol. The van der Waals surface area contributed by atoms with Gasteiger partial charge < -0.3 is 0 Å². The Morgan fingerprint density at radius 1 is 1.45 bits per heavy atom. The van der Waals surface area contributed by atoms with Crippen LogP contribution in [0.5, 0.6) is 0 Å². The summed E-state index contributed by atoms with van der Waals surface area (Å²) in [6.45, 7) is 0. The van der Waals surface area contributed by atoms with E-state index in [1.165, 1.54) is 0 Å². The first kappa shape index (κ1) is 5.96. The van der Waals surface area contributed by atoms with Gasteiger partial charge in [-0.1, -0.05) is 5.21 Å². The van der Waals surface area contributed by atoms with Crippen molar-refractivity contribution in [3.05, 3.63) is 28.7 Å². The molecule has 0 aliphatic rings. The topological polar surface area (TPSA) is 71.5 Å². The van der Waals surface area contributed by atoms with Gasteiger partial charge in [0.2, 0.25) is 0 Å². The summed E-state index contributed by atoms with van der Waals surface area (Å²) in [4.78, 5) is 14.8.